The third-order valence-corrected chi connectivity index (χ3v) is 6.25. The van der Waals surface area contributed by atoms with Gasteiger partial charge in [-0.15, -0.1) is 0 Å². The molecule has 34 heavy (non-hydrogen) atoms. The third-order valence-electron chi connectivity index (χ3n) is 6.25. The van der Waals surface area contributed by atoms with Crippen molar-refractivity contribution < 1.29 is 23.5 Å². The molecule has 0 saturated carbocycles. The van der Waals surface area contributed by atoms with E-state index >= 15 is 4.39 Å². The smallest absolute Gasteiger partial charge is 0.357 e. The second-order valence-electron chi connectivity index (χ2n) is 8.57. The fourth-order valence-corrected chi connectivity index (χ4v) is 4.24. The van der Waals surface area contributed by atoms with Crippen LogP contribution in [0.1, 0.15) is 46.2 Å². The van der Waals surface area contributed by atoms with Crippen LogP contribution in [-0.2, 0) is 16.0 Å². The summed E-state index contributed by atoms with van der Waals surface area (Å²) in [5.74, 6) is -1.20. The van der Waals surface area contributed by atoms with Crippen LogP contribution in [-0.4, -0.2) is 53.9 Å². The Kier molecular flexibility index (Phi) is 7.07. The van der Waals surface area contributed by atoms with Crippen molar-refractivity contribution in [3.05, 3.63) is 71.2 Å². The number of nitrogens with zero attached hydrogens (tertiary/aromatic N) is 3. The van der Waals surface area contributed by atoms with Crippen LogP contribution < -0.4 is 0 Å². The maximum Gasteiger partial charge on any atom is 0.357 e. The molecule has 0 N–H and O–H groups in total. The van der Waals surface area contributed by atoms with Crippen LogP contribution >= 0.6 is 0 Å². The molecule has 0 aliphatic carbocycles. The molecule has 0 unspecified atom stereocenters. The van der Waals surface area contributed by atoms with Crippen molar-refractivity contribution in [1.29, 1.82) is 0 Å². The number of hydrogen-bond acceptors (Lipinski definition) is 6. The molecule has 4 rings (SSSR count). The van der Waals surface area contributed by atoms with Gasteiger partial charge in [0.2, 0.25) is 0 Å². The standard InChI is InChI=1S/C26H28FN3O4/c1-17-11-13-29(14-12-17)16-19-10-9-18(15-21(19)27)23-22(25(31)33-2)24(26(32)34-3)30(28-23)20-7-5-4-6-8-20/h4-10,15,17H,11-14,16H2,1-3H3. The van der Waals surface area contributed by atoms with Gasteiger partial charge in [0.1, 0.15) is 17.1 Å². The fourth-order valence-electron chi connectivity index (χ4n) is 4.24. The van der Waals surface area contributed by atoms with Crippen molar-refractivity contribution in [2.75, 3.05) is 27.3 Å². The molecule has 2 aromatic carbocycles. The molecule has 0 radical (unpaired) electrons. The van der Waals surface area contributed by atoms with Crippen molar-refractivity contribution in [2.24, 2.45) is 5.92 Å². The van der Waals surface area contributed by atoms with E-state index in [2.05, 4.69) is 16.9 Å². The zero-order valence-corrected chi connectivity index (χ0v) is 19.6. The van der Waals surface area contributed by atoms with Crippen molar-refractivity contribution >= 4 is 11.9 Å². The normalized spacial score (nSPS) is 14.7. The van der Waals surface area contributed by atoms with Gasteiger partial charge in [0.25, 0.3) is 0 Å². The number of benzene rings is 2. The first kappa shape index (κ1) is 23.6. The number of methoxy groups -OCH3 is 2. The monoisotopic (exact) mass is 465 g/mol. The molecule has 7 nitrogen and oxygen atoms in total. The minimum absolute atomic E-state index is 0.0737. The molecule has 2 heterocycles. The third kappa shape index (κ3) is 4.72. The van der Waals surface area contributed by atoms with Gasteiger partial charge in [0.05, 0.1) is 19.9 Å². The number of halogens is 1. The first-order valence-electron chi connectivity index (χ1n) is 11.3. The number of para-hydroxylation sites is 1. The summed E-state index contributed by atoms with van der Waals surface area (Å²) in [6.45, 7) is 4.65. The first-order valence-corrected chi connectivity index (χ1v) is 11.3. The predicted octanol–water partition coefficient (Wildman–Crippen LogP) is 4.48. The molecule has 178 valence electrons. The van der Waals surface area contributed by atoms with Gasteiger partial charge in [-0.3, -0.25) is 4.90 Å². The van der Waals surface area contributed by atoms with E-state index in [0.717, 1.165) is 25.9 Å². The number of carbonyl (C=O) groups excluding carboxylic acids is 2. The number of piperidine rings is 1. The fraction of sp³-hybridized carbons (Fsp3) is 0.346. The van der Waals surface area contributed by atoms with E-state index in [4.69, 9.17) is 9.47 Å². The van der Waals surface area contributed by atoms with Crippen molar-refractivity contribution in [2.45, 2.75) is 26.3 Å². The number of likely N-dealkylation sites (tertiary alicyclic amines) is 1. The summed E-state index contributed by atoms with van der Waals surface area (Å²) >= 11 is 0. The van der Waals surface area contributed by atoms with Crippen molar-refractivity contribution in [3.63, 3.8) is 0 Å². The maximum atomic E-state index is 15.2. The van der Waals surface area contributed by atoms with E-state index in [9.17, 15) is 9.59 Å². The first-order chi connectivity index (χ1) is 16.4. The highest BCUT2D eigenvalue weighted by atomic mass is 19.1. The zero-order valence-electron chi connectivity index (χ0n) is 19.6. The van der Waals surface area contributed by atoms with E-state index < -0.39 is 11.9 Å². The predicted molar refractivity (Wildman–Crippen MR) is 125 cm³/mol. The lowest BCUT2D eigenvalue weighted by atomic mass is 9.98. The Balaban J connectivity index is 1.77. The average Bonchev–Trinajstić information content (AvgIpc) is 3.27. The number of rotatable bonds is 6. The summed E-state index contributed by atoms with van der Waals surface area (Å²) in [7, 11) is 2.44. The Bertz CT molecular complexity index is 1180. The molecule has 1 aliphatic heterocycles. The highest BCUT2D eigenvalue weighted by Gasteiger charge is 2.31. The number of aromatic nitrogens is 2. The highest BCUT2D eigenvalue weighted by Crippen LogP contribution is 2.31. The van der Waals surface area contributed by atoms with Crippen LogP contribution in [0.25, 0.3) is 16.9 Å². The van der Waals surface area contributed by atoms with Crippen LogP contribution in [0.3, 0.4) is 0 Å². The molecule has 1 aliphatic rings. The molecular weight excluding hydrogens is 437 g/mol. The number of ether oxygens (including phenoxy) is 2. The van der Waals surface area contributed by atoms with Gasteiger partial charge in [0.15, 0.2) is 5.69 Å². The molecule has 0 bridgehead atoms. The van der Waals surface area contributed by atoms with E-state index in [0.29, 0.717) is 29.3 Å². The molecule has 0 spiro atoms. The second-order valence-corrected chi connectivity index (χ2v) is 8.57. The van der Waals surface area contributed by atoms with Crippen LogP contribution in [0, 0.1) is 11.7 Å². The molecule has 0 amide bonds. The lowest BCUT2D eigenvalue weighted by Gasteiger charge is -2.30. The Labute approximate surface area is 198 Å². The maximum absolute atomic E-state index is 15.2. The Morgan fingerprint density at radius 2 is 1.71 bits per heavy atom. The second kappa shape index (κ2) is 10.2. The molecule has 1 fully saturated rings. The largest absolute Gasteiger partial charge is 0.465 e. The summed E-state index contributed by atoms with van der Waals surface area (Å²) in [5, 5.41) is 4.52. The van der Waals surface area contributed by atoms with Crippen LogP contribution in [0.15, 0.2) is 48.5 Å². The minimum Gasteiger partial charge on any atom is -0.465 e. The summed E-state index contributed by atoms with van der Waals surface area (Å²) in [6.07, 6.45) is 2.21. The summed E-state index contributed by atoms with van der Waals surface area (Å²) in [6, 6.07) is 13.7. The summed E-state index contributed by atoms with van der Waals surface area (Å²) in [4.78, 5) is 27.7. The average molecular weight is 466 g/mol. The molecule has 1 aromatic heterocycles. The highest BCUT2D eigenvalue weighted by molar-refractivity contribution is 6.06. The van der Waals surface area contributed by atoms with Crippen molar-refractivity contribution in [1.82, 2.24) is 14.7 Å². The lowest BCUT2D eigenvalue weighted by Crippen LogP contribution is -2.32. The molecule has 0 atom stereocenters. The van der Waals surface area contributed by atoms with Crippen LogP contribution in [0.4, 0.5) is 4.39 Å². The zero-order chi connectivity index (χ0) is 24.2. The van der Waals surface area contributed by atoms with Gasteiger partial charge in [0, 0.05) is 17.7 Å². The quantitative estimate of drug-likeness (QED) is 0.500. The van der Waals surface area contributed by atoms with Gasteiger partial charge in [-0.05, 0) is 50.0 Å². The Hall–Kier alpha value is -3.52. The Morgan fingerprint density at radius 1 is 1.03 bits per heavy atom. The summed E-state index contributed by atoms with van der Waals surface area (Å²) < 4.78 is 26.4. The van der Waals surface area contributed by atoms with Crippen LogP contribution in [0.5, 0.6) is 0 Å². The Morgan fingerprint density at radius 3 is 2.32 bits per heavy atom. The molecule has 3 aromatic rings. The number of carbonyl (C=O) groups is 2. The lowest BCUT2D eigenvalue weighted by molar-refractivity contribution is 0.0549. The van der Waals surface area contributed by atoms with Gasteiger partial charge in [-0.2, -0.15) is 5.10 Å². The topological polar surface area (TPSA) is 73.7 Å². The van der Waals surface area contributed by atoms with E-state index in [1.807, 2.05) is 6.07 Å². The molecular formula is C26H28FN3O4. The minimum atomic E-state index is -0.760. The van der Waals surface area contributed by atoms with Crippen LogP contribution in [0.2, 0.25) is 0 Å². The number of hydrogen-bond donors (Lipinski definition) is 0. The summed E-state index contributed by atoms with van der Waals surface area (Å²) in [5.41, 5.74) is 1.49. The SMILES string of the molecule is COC(=O)c1c(-c2ccc(CN3CCC(C)CC3)c(F)c2)nn(-c2ccccc2)c1C(=O)OC. The van der Waals surface area contributed by atoms with Gasteiger partial charge in [-0.1, -0.05) is 37.3 Å². The molecule has 8 heteroatoms. The number of esters is 2. The van der Waals surface area contributed by atoms with Gasteiger partial charge >= 0.3 is 11.9 Å². The van der Waals surface area contributed by atoms with E-state index in [1.54, 1.807) is 36.4 Å². The van der Waals surface area contributed by atoms with E-state index in [1.165, 1.54) is 25.0 Å². The van der Waals surface area contributed by atoms with E-state index in [-0.39, 0.29) is 22.8 Å². The van der Waals surface area contributed by atoms with Crippen molar-refractivity contribution in [3.8, 4) is 16.9 Å². The van der Waals surface area contributed by atoms with Gasteiger partial charge in [-0.25, -0.2) is 18.7 Å². The van der Waals surface area contributed by atoms with Gasteiger partial charge < -0.3 is 9.47 Å². The molecule has 1 saturated heterocycles.